The quantitative estimate of drug-likeness (QED) is 0.187. The molecule has 4 aliphatic carbocycles. The van der Waals surface area contributed by atoms with Crippen LogP contribution in [0.15, 0.2) is 24.3 Å². The minimum Gasteiger partial charge on any atom is -0.373 e. The number of hydrogen-bond donors (Lipinski definition) is 0. The average molecular weight is 511 g/mol. The third kappa shape index (κ3) is 9.85. The Morgan fingerprint density at radius 2 is 0.946 bits per heavy atom. The lowest BCUT2D eigenvalue weighted by Crippen LogP contribution is -2.26. The molecule has 4 aliphatic rings. The van der Waals surface area contributed by atoms with Crippen LogP contribution in [0.3, 0.4) is 0 Å². The fraction of sp³-hybridized carbons (Fsp3) is 0.889. The molecule has 0 aromatic heterocycles. The Bertz CT molecular complexity index is 588. The fourth-order valence-electron chi connectivity index (χ4n) is 9.18. The van der Waals surface area contributed by atoms with Crippen LogP contribution in [-0.2, 0) is 4.74 Å². The highest BCUT2D eigenvalue weighted by Gasteiger charge is 2.32. The lowest BCUT2D eigenvalue weighted by atomic mass is 9.68. The van der Waals surface area contributed by atoms with Gasteiger partial charge in [0.2, 0.25) is 0 Å². The summed E-state index contributed by atoms with van der Waals surface area (Å²) in [6, 6.07) is 0. The van der Waals surface area contributed by atoms with E-state index in [0.717, 1.165) is 60.6 Å². The molecule has 0 aromatic carbocycles. The Labute approximate surface area is 231 Å². The Balaban J connectivity index is 1.03. The zero-order valence-corrected chi connectivity index (χ0v) is 24.9. The van der Waals surface area contributed by atoms with Gasteiger partial charge >= 0.3 is 0 Å². The molecule has 1 nitrogen and oxygen atoms in total. The van der Waals surface area contributed by atoms with Gasteiger partial charge in [0.25, 0.3) is 0 Å². The van der Waals surface area contributed by atoms with Gasteiger partial charge in [0.1, 0.15) is 0 Å². The summed E-state index contributed by atoms with van der Waals surface area (Å²) in [5.74, 6) is 7.86. The van der Waals surface area contributed by atoms with Gasteiger partial charge in [0.05, 0.1) is 13.2 Å². The van der Waals surface area contributed by atoms with Crippen LogP contribution >= 0.6 is 0 Å². The van der Waals surface area contributed by atoms with Crippen LogP contribution in [0.25, 0.3) is 0 Å². The van der Waals surface area contributed by atoms with Crippen molar-refractivity contribution in [2.45, 2.75) is 142 Å². The molecule has 0 spiro atoms. The van der Waals surface area contributed by atoms with Gasteiger partial charge in [-0.1, -0.05) is 102 Å². The van der Waals surface area contributed by atoms with Gasteiger partial charge in [0, 0.05) is 0 Å². The molecular weight excluding hydrogens is 448 g/mol. The second-order valence-electron chi connectivity index (χ2n) is 13.9. The summed E-state index contributed by atoms with van der Waals surface area (Å²) in [7, 11) is 0. The van der Waals surface area contributed by atoms with Crippen LogP contribution in [0.5, 0.6) is 0 Å². The van der Waals surface area contributed by atoms with Crippen molar-refractivity contribution < 1.29 is 4.74 Å². The highest BCUT2D eigenvalue weighted by molar-refractivity contribution is 4.95. The molecular formula is C36H62O. The Hall–Kier alpha value is -0.560. The molecule has 0 N–H and O–H groups in total. The molecule has 37 heavy (non-hydrogen) atoms. The summed E-state index contributed by atoms with van der Waals surface area (Å²) in [5, 5.41) is 0. The Kier molecular flexibility index (Phi) is 13.1. The van der Waals surface area contributed by atoms with E-state index in [-0.39, 0.29) is 0 Å². The van der Waals surface area contributed by atoms with Crippen molar-refractivity contribution in [2.75, 3.05) is 13.2 Å². The normalized spacial score (nSPS) is 37.9. The number of ether oxygens (including phenoxy) is 1. The van der Waals surface area contributed by atoms with E-state index >= 15 is 0 Å². The van der Waals surface area contributed by atoms with Crippen molar-refractivity contribution in [2.24, 2.45) is 47.3 Å². The molecule has 0 radical (unpaired) electrons. The van der Waals surface area contributed by atoms with E-state index in [2.05, 4.69) is 38.2 Å². The summed E-state index contributed by atoms with van der Waals surface area (Å²) >= 11 is 0. The summed E-state index contributed by atoms with van der Waals surface area (Å²) in [6.45, 7) is 6.32. The molecule has 4 fully saturated rings. The maximum absolute atomic E-state index is 5.94. The minimum absolute atomic E-state index is 0.791. The average Bonchev–Trinajstić information content (AvgIpc) is 2.94. The first-order valence-electron chi connectivity index (χ1n) is 17.2. The Morgan fingerprint density at radius 1 is 0.514 bits per heavy atom. The molecule has 0 amide bonds. The van der Waals surface area contributed by atoms with E-state index in [1.54, 1.807) is 12.8 Å². The van der Waals surface area contributed by atoms with Gasteiger partial charge in [0.15, 0.2) is 0 Å². The van der Waals surface area contributed by atoms with Crippen LogP contribution in [0.4, 0.5) is 0 Å². The largest absolute Gasteiger partial charge is 0.373 e. The molecule has 0 heterocycles. The summed E-state index contributed by atoms with van der Waals surface area (Å²) in [6.07, 6.45) is 39.1. The first kappa shape index (κ1) is 29.4. The molecule has 0 saturated heterocycles. The van der Waals surface area contributed by atoms with Crippen molar-refractivity contribution in [1.82, 2.24) is 0 Å². The van der Waals surface area contributed by atoms with E-state index in [1.807, 2.05) is 0 Å². The molecule has 1 heteroatoms. The van der Waals surface area contributed by atoms with Crippen molar-refractivity contribution in [1.29, 1.82) is 0 Å². The molecule has 4 atom stereocenters. The monoisotopic (exact) mass is 510 g/mol. The topological polar surface area (TPSA) is 9.23 Å². The van der Waals surface area contributed by atoms with Gasteiger partial charge < -0.3 is 4.74 Å². The van der Waals surface area contributed by atoms with Gasteiger partial charge in [-0.2, -0.15) is 0 Å². The molecule has 4 rings (SSSR count). The van der Waals surface area contributed by atoms with Crippen molar-refractivity contribution in [3.8, 4) is 0 Å². The van der Waals surface area contributed by atoms with Crippen molar-refractivity contribution in [3.05, 3.63) is 24.3 Å². The van der Waals surface area contributed by atoms with Crippen LogP contribution in [0, 0.1) is 47.3 Å². The first-order valence-corrected chi connectivity index (χ1v) is 17.2. The summed E-state index contributed by atoms with van der Waals surface area (Å²) in [4.78, 5) is 0. The first-order chi connectivity index (χ1) is 18.2. The summed E-state index contributed by atoms with van der Waals surface area (Å²) < 4.78 is 5.94. The van der Waals surface area contributed by atoms with E-state index < -0.39 is 0 Å². The lowest BCUT2D eigenvalue weighted by molar-refractivity contribution is 0.143. The SMILES string of the molecule is CCC[C@H]1CCC[C@H](C2CCC(/C=C/COC/C=C/C3CCC([C@H]4CCC[C@H](CCC)C4)CC3)CC2)C1. The lowest BCUT2D eigenvalue weighted by Gasteiger charge is -2.38. The third-order valence-electron chi connectivity index (χ3n) is 11.3. The van der Waals surface area contributed by atoms with Crippen LogP contribution < -0.4 is 0 Å². The van der Waals surface area contributed by atoms with E-state index in [0.29, 0.717) is 0 Å². The van der Waals surface area contributed by atoms with E-state index in [9.17, 15) is 0 Å². The third-order valence-corrected chi connectivity index (χ3v) is 11.3. The van der Waals surface area contributed by atoms with E-state index in [4.69, 9.17) is 4.74 Å². The molecule has 0 bridgehead atoms. The molecule has 4 saturated carbocycles. The maximum atomic E-state index is 5.94. The van der Waals surface area contributed by atoms with Crippen LogP contribution in [-0.4, -0.2) is 13.2 Å². The zero-order valence-electron chi connectivity index (χ0n) is 24.9. The second-order valence-corrected chi connectivity index (χ2v) is 13.9. The van der Waals surface area contributed by atoms with Gasteiger partial charge in [-0.25, -0.2) is 0 Å². The van der Waals surface area contributed by atoms with Crippen molar-refractivity contribution >= 4 is 0 Å². The number of rotatable bonds is 12. The highest BCUT2D eigenvalue weighted by Crippen LogP contribution is 2.44. The zero-order chi connectivity index (χ0) is 25.7. The van der Waals surface area contributed by atoms with Gasteiger partial charge in [-0.05, 0) is 112 Å². The van der Waals surface area contributed by atoms with Crippen LogP contribution in [0.2, 0.25) is 0 Å². The highest BCUT2D eigenvalue weighted by atomic mass is 16.5. The minimum atomic E-state index is 0.791. The predicted molar refractivity (Wildman–Crippen MR) is 161 cm³/mol. The molecule has 0 unspecified atom stereocenters. The van der Waals surface area contributed by atoms with Gasteiger partial charge in [-0.15, -0.1) is 0 Å². The standard InChI is InChI=1S/C36H62O/c1-3-9-31-11-5-15-35(27-31)33-21-17-29(18-22-33)13-7-25-37-26-8-14-30-19-23-34(24-20-30)36-16-6-12-32(28-36)10-4-2/h7-8,13-14,29-36H,3-6,9-12,15-28H2,1-2H3/b13-7+,14-8+/t29?,30?,31-,32-,33?,34?,35-,36-/m0/s1. The second kappa shape index (κ2) is 16.5. The fourth-order valence-corrected chi connectivity index (χ4v) is 9.18. The molecule has 0 aromatic rings. The number of hydrogen-bond acceptors (Lipinski definition) is 1. The number of allylic oxidation sites excluding steroid dienone is 2. The smallest absolute Gasteiger partial charge is 0.0651 e. The van der Waals surface area contributed by atoms with Crippen molar-refractivity contribution in [3.63, 3.8) is 0 Å². The Morgan fingerprint density at radius 3 is 1.35 bits per heavy atom. The van der Waals surface area contributed by atoms with Crippen LogP contribution in [0.1, 0.15) is 142 Å². The summed E-state index contributed by atoms with van der Waals surface area (Å²) in [5.41, 5.74) is 0. The van der Waals surface area contributed by atoms with E-state index in [1.165, 1.54) is 116 Å². The predicted octanol–water partition coefficient (Wildman–Crippen LogP) is 10.9. The van der Waals surface area contributed by atoms with Gasteiger partial charge in [-0.3, -0.25) is 0 Å². The molecule has 0 aliphatic heterocycles. The maximum Gasteiger partial charge on any atom is 0.0651 e. The molecule has 212 valence electrons.